The minimum absolute atomic E-state index is 0.248. The molecule has 2 saturated heterocycles. The number of piperidine rings is 1. The van der Waals surface area contributed by atoms with E-state index in [2.05, 4.69) is 53.5 Å². The van der Waals surface area contributed by atoms with Gasteiger partial charge in [0, 0.05) is 29.9 Å². The second-order valence-electron chi connectivity index (χ2n) is 8.58. The molecule has 27 heavy (non-hydrogen) atoms. The fourth-order valence-corrected chi connectivity index (χ4v) is 5.38. The lowest BCUT2D eigenvalue weighted by molar-refractivity contribution is 0.0571. The van der Waals surface area contributed by atoms with Gasteiger partial charge < -0.3 is 10.2 Å². The molecule has 1 N–H and O–H groups in total. The molecule has 3 aliphatic heterocycles. The molecule has 5 rings (SSSR count). The summed E-state index contributed by atoms with van der Waals surface area (Å²) in [4.78, 5) is 15.6. The molecule has 2 fully saturated rings. The van der Waals surface area contributed by atoms with Crippen molar-refractivity contribution < 1.29 is 4.79 Å². The summed E-state index contributed by atoms with van der Waals surface area (Å²) in [6.45, 7) is 3.18. The fourth-order valence-electron chi connectivity index (χ4n) is 5.38. The van der Waals surface area contributed by atoms with Gasteiger partial charge in [-0.15, -0.1) is 0 Å². The first-order valence-electron chi connectivity index (χ1n) is 10.4. The van der Waals surface area contributed by atoms with Gasteiger partial charge in [-0.2, -0.15) is 0 Å². The second-order valence-corrected chi connectivity index (χ2v) is 8.58. The highest BCUT2D eigenvalue weighted by Gasteiger charge is 2.43. The van der Waals surface area contributed by atoms with Gasteiger partial charge in [-0.1, -0.05) is 29.8 Å². The maximum atomic E-state index is 13.3. The Morgan fingerprint density at radius 1 is 1.04 bits per heavy atom. The van der Waals surface area contributed by atoms with Gasteiger partial charge in [0.1, 0.15) is 0 Å². The monoisotopic (exact) mass is 360 g/mol. The van der Waals surface area contributed by atoms with Crippen LogP contribution in [0.1, 0.15) is 65.1 Å². The van der Waals surface area contributed by atoms with Crippen LogP contribution in [0.4, 0.5) is 5.69 Å². The standard InChI is InChI=1S/C24H28N2O/c1-16-4-6-17(7-5-16)20-14-21-9-10-22(15-20)26(21)24(27)19-8-11-23-18(13-19)3-2-12-25-23/h4-8,11,13,20-22,25H,2-3,9-10,12,14-15H2,1H3/t20?,21-,22+. The summed E-state index contributed by atoms with van der Waals surface area (Å²) in [6, 6.07) is 16.1. The van der Waals surface area contributed by atoms with E-state index in [1.807, 2.05) is 6.07 Å². The third-order valence-corrected chi connectivity index (χ3v) is 6.81. The number of hydrogen-bond donors (Lipinski definition) is 1. The summed E-state index contributed by atoms with van der Waals surface area (Å²) in [7, 11) is 0. The fraction of sp³-hybridized carbons (Fsp3) is 0.458. The number of nitrogens with zero attached hydrogens (tertiary/aromatic N) is 1. The van der Waals surface area contributed by atoms with Crippen LogP contribution in [0, 0.1) is 6.92 Å². The number of benzene rings is 2. The molecule has 3 atom stereocenters. The first kappa shape index (κ1) is 16.9. The van der Waals surface area contributed by atoms with Crippen LogP contribution in [0.15, 0.2) is 42.5 Å². The minimum atomic E-state index is 0.248. The third kappa shape index (κ3) is 3.03. The molecule has 2 bridgehead atoms. The topological polar surface area (TPSA) is 32.3 Å². The second kappa shape index (κ2) is 6.70. The van der Waals surface area contributed by atoms with Gasteiger partial charge in [0.2, 0.25) is 0 Å². The van der Waals surface area contributed by atoms with E-state index in [1.54, 1.807) is 0 Å². The lowest BCUT2D eigenvalue weighted by Gasteiger charge is -2.39. The molecule has 3 aliphatic rings. The first-order chi connectivity index (χ1) is 13.2. The molecule has 2 aromatic rings. The van der Waals surface area contributed by atoms with E-state index in [4.69, 9.17) is 0 Å². The quantitative estimate of drug-likeness (QED) is 0.826. The number of aryl methyl sites for hydroxylation is 2. The molecule has 0 aliphatic carbocycles. The van der Waals surface area contributed by atoms with Crippen LogP contribution in [0.2, 0.25) is 0 Å². The number of carbonyl (C=O) groups is 1. The first-order valence-corrected chi connectivity index (χ1v) is 10.4. The molecular formula is C24H28N2O. The Kier molecular flexibility index (Phi) is 4.18. The number of rotatable bonds is 2. The molecule has 0 radical (unpaired) electrons. The highest BCUT2D eigenvalue weighted by molar-refractivity contribution is 5.95. The molecule has 0 aromatic heterocycles. The van der Waals surface area contributed by atoms with Gasteiger partial charge in [0.05, 0.1) is 0 Å². The number of fused-ring (bicyclic) bond motifs is 3. The molecular weight excluding hydrogens is 332 g/mol. The molecule has 0 spiro atoms. The van der Waals surface area contributed by atoms with Gasteiger partial charge in [0.25, 0.3) is 5.91 Å². The minimum Gasteiger partial charge on any atom is -0.385 e. The Labute approximate surface area is 161 Å². The normalized spacial score (nSPS) is 26.4. The number of nitrogens with one attached hydrogen (secondary N) is 1. The molecule has 2 aromatic carbocycles. The zero-order valence-electron chi connectivity index (χ0n) is 16.1. The number of anilines is 1. The molecule has 3 nitrogen and oxygen atoms in total. The van der Waals surface area contributed by atoms with Crippen LogP contribution >= 0.6 is 0 Å². The SMILES string of the molecule is Cc1ccc(C2C[C@H]3CC[C@@H](C2)N3C(=O)c2ccc3c(c2)CCCN3)cc1. The Hall–Kier alpha value is -2.29. The summed E-state index contributed by atoms with van der Waals surface area (Å²) in [5.41, 5.74) is 6.15. The van der Waals surface area contributed by atoms with E-state index in [9.17, 15) is 4.79 Å². The maximum Gasteiger partial charge on any atom is 0.254 e. The van der Waals surface area contributed by atoms with Crippen molar-refractivity contribution in [2.75, 3.05) is 11.9 Å². The Morgan fingerprint density at radius 2 is 1.78 bits per heavy atom. The van der Waals surface area contributed by atoms with Crippen molar-refractivity contribution in [3.05, 3.63) is 64.7 Å². The van der Waals surface area contributed by atoms with Crippen LogP contribution in [0.5, 0.6) is 0 Å². The van der Waals surface area contributed by atoms with Crippen molar-refractivity contribution in [2.24, 2.45) is 0 Å². The van der Waals surface area contributed by atoms with E-state index in [0.717, 1.165) is 50.6 Å². The van der Waals surface area contributed by atoms with E-state index >= 15 is 0 Å². The molecule has 3 heterocycles. The van der Waals surface area contributed by atoms with E-state index in [0.29, 0.717) is 18.0 Å². The van der Waals surface area contributed by atoms with E-state index in [-0.39, 0.29) is 5.91 Å². The Morgan fingerprint density at radius 3 is 2.52 bits per heavy atom. The number of amides is 1. The van der Waals surface area contributed by atoms with E-state index < -0.39 is 0 Å². The smallest absolute Gasteiger partial charge is 0.254 e. The lowest BCUT2D eigenvalue weighted by atomic mass is 9.84. The molecule has 3 heteroatoms. The van der Waals surface area contributed by atoms with Crippen LogP contribution in [-0.4, -0.2) is 29.4 Å². The predicted molar refractivity (Wildman–Crippen MR) is 109 cm³/mol. The van der Waals surface area contributed by atoms with Gasteiger partial charge in [-0.3, -0.25) is 4.79 Å². The van der Waals surface area contributed by atoms with Crippen molar-refractivity contribution in [2.45, 2.75) is 63.5 Å². The van der Waals surface area contributed by atoms with Gasteiger partial charge >= 0.3 is 0 Å². The van der Waals surface area contributed by atoms with Gasteiger partial charge in [-0.05, 0) is 80.7 Å². The highest BCUT2D eigenvalue weighted by atomic mass is 16.2. The van der Waals surface area contributed by atoms with Crippen molar-refractivity contribution >= 4 is 11.6 Å². The Bertz CT molecular complexity index is 843. The van der Waals surface area contributed by atoms with Crippen LogP contribution in [0.25, 0.3) is 0 Å². The average molecular weight is 361 g/mol. The summed E-state index contributed by atoms with van der Waals surface area (Å²) < 4.78 is 0. The summed E-state index contributed by atoms with van der Waals surface area (Å²) in [5.74, 6) is 0.845. The van der Waals surface area contributed by atoms with Gasteiger partial charge in [0.15, 0.2) is 0 Å². The highest BCUT2D eigenvalue weighted by Crippen LogP contribution is 2.43. The molecule has 1 unspecified atom stereocenters. The Balaban J connectivity index is 1.36. The van der Waals surface area contributed by atoms with Crippen molar-refractivity contribution in [3.63, 3.8) is 0 Å². The predicted octanol–water partition coefficient (Wildman–Crippen LogP) is 4.90. The molecule has 0 saturated carbocycles. The molecule has 1 amide bonds. The summed E-state index contributed by atoms with van der Waals surface area (Å²) in [5, 5.41) is 3.44. The zero-order chi connectivity index (χ0) is 18.4. The van der Waals surface area contributed by atoms with Crippen LogP contribution in [0.3, 0.4) is 0 Å². The number of carbonyl (C=O) groups excluding carboxylic acids is 1. The summed E-state index contributed by atoms with van der Waals surface area (Å²) in [6.07, 6.45) is 6.76. The third-order valence-electron chi connectivity index (χ3n) is 6.81. The van der Waals surface area contributed by atoms with Gasteiger partial charge in [-0.25, -0.2) is 0 Å². The zero-order valence-corrected chi connectivity index (χ0v) is 16.1. The summed E-state index contributed by atoms with van der Waals surface area (Å²) >= 11 is 0. The van der Waals surface area contributed by atoms with E-state index in [1.165, 1.54) is 22.4 Å². The largest absolute Gasteiger partial charge is 0.385 e. The van der Waals surface area contributed by atoms with Crippen molar-refractivity contribution in [3.8, 4) is 0 Å². The lowest BCUT2D eigenvalue weighted by Crippen LogP contribution is -2.46. The average Bonchev–Trinajstić information content (AvgIpc) is 2.97. The van der Waals surface area contributed by atoms with Crippen LogP contribution in [-0.2, 0) is 6.42 Å². The maximum absolute atomic E-state index is 13.3. The number of hydrogen-bond acceptors (Lipinski definition) is 2. The molecule has 140 valence electrons. The van der Waals surface area contributed by atoms with Crippen LogP contribution < -0.4 is 5.32 Å². The van der Waals surface area contributed by atoms with Crippen molar-refractivity contribution in [1.82, 2.24) is 4.90 Å². The van der Waals surface area contributed by atoms with Crippen molar-refractivity contribution in [1.29, 1.82) is 0 Å².